The molecule has 0 unspecified atom stereocenters. The molecule has 0 atom stereocenters. The second-order valence-electron chi connectivity index (χ2n) is 11.2. The fourth-order valence-electron chi connectivity index (χ4n) is 6.38. The number of hydrogen-bond donors (Lipinski definition) is 0. The molecule has 0 aliphatic heterocycles. The van der Waals surface area contributed by atoms with Gasteiger partial charge in [0.1, 0.15) is 0 Å². The quantitative estimate of drug-likeness (QED) is 0.425. The molecule has 0 heterocycles. The van der Waals surface area contributed by atoms with Gasteiger partial charge in [-0.1, -0.05) is 152 Å². The molecule has 174 valence electrons. The van der Waals surface area contributed by atoms with E-state index in [1.807, 2.05) is 0 Å². The summed E-state index contributed by atoms with van der Waals surface area (Å²) in [4.78, 5) is 11.0. The van der Waals surface area contributed by atoms with Crippen molar-refractivity contribution in [1.29, 1.82) is 0 Å². The summed E-state index contributed by atoms with van der Waals surface area (Å²) in [5.41, 5.74) is 6.74. The first-order valence-electron chi connectivity index (χ1n) is 12.3. The molecule has 1 aromatic rings. The minimum Gasteiger partial charge on any atom is -0.660 e. The molecule has 6 heteroatoms. The van der Waals surface area contributed by atoms with E-state index in [1.165, 1.54) is 11.1 Å². The molecular formula is C26H50Li2N2Si2. The van der Waals surface area contributed by atoms with Gasteiger partial charge in [-0.3, -0.25) is 0 Å². The van der Waals surface area contributed by atoms with Gasteiger partial charge in [0.25, 0.3) is 0 Å². The maximum Gasteiger partial charge on any atom is 1.00 e. The van der Waals surface area contributed by atoms with E-state index in [-0.39, 0.29) is 37.7 Å². The van der Waals surface area contributed by atoms with Crippen LogP contribution in [0.25, 0.3) is 9.96 Å². The molecule has 0 aliphatic rings. The Morgan fingerprint density at radius 3 is 1.00 bits per heavy atom. The van der Waals surface area contributed by atoms with Gasteiger partial charge in [-0.25, -0.2) is 0 Å². The Morgan fingerprint density at radius 2 is 0.781 bits per heavy atom. The van der Waals surface area contributed by atoms with Crippen LogP contribution in [0, 0.1) is 0 Å². The van der Waals surface area contributed by atoms with Crippen LogP contribution in [-0.2, 0) is 13.1 Å². The predicted octanol–water partition coefficient (Wildman–Crippen LogP) is 3.79. The van der Waals surface area contributed by atoms with E-state index in [4.69, 9.17) is 9.96 Å². The summed E-state index contributed by atoms with van der Waals surface area (Å²) in [6.45, 7) is 30.4. The number of benzene rings is 1. The Hall–Kier alpha value is 0.769. The van der Waals surface area contributed by atoms with E-state index in [9.17, 15) is 0 Å². The molecule has 2 nitrogen and oxygen atoms in total. The van der Waals surface area contributed by atoms with Crippen molar-refractivity contribution in [2.24, 2.45) is 0 Å². The normalized spacial score (nSPS) is 12.8. The van der Waals surface area contributed by atoms with Crippen LogP contribution in [0.15, 0.2) is 24.3 Å². The topological polar surface area (TPSA) is 28.2 Å². The Morgan fingerprint density at radius 1 is 0.531 bits per heavy atom. The maximum atomic E-state index is 5.48. The van der Waals surface area contributed by atoms with Crippen molar-refractivity contribution in [2.45, 2.75) is 129 Å². The second kappa shape index (κ2) is 15.0. The molecule has 0 aliphatic carbocycles. The van der Waals surface area contributed by atoms with E-state index in [0.717, 1.165) is 13.1 Å². The molecule has 1 aromatic carbocycles. The number of nitrogens with zero attached hydrogens (tertiary/aromatic N) is 2. The van der Waals surface area contributed by atoms with Crippen molar-refractivity contribution in [2.75, 3.05) is 0 Å². The van der Waals surface area contributed by atoms with E-state index in [1.54, 1.807) is 0 Å². The van der Waals surface area contributed by atoms with Gasteiger partial charge >= 0.3 is 37.7 Å². The number of hydrogen-bond acceptors (Lipinski definition) is 0. The molecule has 32 heavy (non-hydrogen) atoms. The molecule has 0 spiro atoms. The SMILES string of the molecule is CC(C)[Si]([N-]Cc1cccc(C[N-][Si](C(C)C)(C(C)C)C(C)C)c1)(C(C)C)C(C)C.[Li+].[Li+]. The first-order chi connectivity index (χ1) is 13.8. The zero-order valence-electron chi connectivity index (χ0n) is 24.1. The van der Waals surface area contributed by atoms with Crippen molar-refractivity contribution in [3.8, 4) is 0 Å². The molecule has 0 radical (unpaired) electrons. The molecule has 0 amide bonds. The average Bonchev–Trinajstić information content (AvgIpc) is 2.61. The van der Waals surface area contributed by atoms with E-state index in [0.29, 0.717) is 33.2 Å². The molecule has 0 N–H and O–H groups in total. The summed E-state index contributed by atoms with van der Waals surface area (Å²) in [6.07, 6.45) is 0. The number of rotatable bonds is 12. The summed E-state index contributed by atoms with van der Waals surface area (Å²) in [5.74, 6) is 0. The van der Waals surface area contributed by atoms with E-state index < -0.39 is 16.5 Å². The van der Waals surface area contributed by atoms with Crippen LogP contribution in [0.3, 0.4) is 0 Å². The molecule has 0 fully saturated rings. The third-order valence-corrected chi connectivity index (χ3v) is 20.1. The summed E-state index contributed by atoms with van der Waals surface area (Å²) >= 11 is 0. The van der Waals surface area contributed by atoms with Crippen LogP contribution in [0.4, 0.5) is 0 Å². The largest absolute Gasteiger partial charge is 1.00 e. The minimum absolute atomic E-state index is 0. The summed E-state index contributed by atoms with van der Waals surface area (Å²) in [7, 11) is -3.42. The van der Waals surface area contributed by atoms with Gasteiger partial charge in [0.15, 0.2) is 0 Å². The van der Waals surface area contributed by atoms with Crippen LogP contribution in [-0.4, -0.2) is 16.5 Å². The van der Waals surface area contributed by atoms with Gasteiger partial charge in [0.2, 0.25) is 0 Å². The van der Waals surface area contributed by atoms with Gasteiger partial charge in [-0.15, -0.1) is 13.1 Å². The van der Waals surface area contributed by atoms with Gasteiger partial charge < -0.3 is 9.96 Å². The average molecular weight is 461 g/mol. The van der Waals surface area contributed by atoms with Gasteiger partial charge in [-0.2, -0.15) is 0 Å². The van der Waals surface area contributed by atoms with E-state index in [2.05, 4.69) is 107 Å². The monoisotopic (exact) mass is 460 g/mol. The van der Waals surface area contributed by atoms with Crippen molar-refractivity contribution in [1.82, 2.24) is 0 Å². The Kier molecular flexibility index (Phi) is 16.4. The summed E-state index contributed by atoms with van der Waals surface area (Å²) in [5, 5.41) is 0. The molecule has 0 bridgehead atoms. The second-order valence-corrected chi connectivity index (χ2v) is 22.3. The predicted molar refractivity (Wildman–Crippen MR) is 143 cm³/mol. The van der Waals surface area contributed by atoms with Crippen LogP contribution in [0.5, 0.6) is 0 Å². The first kappa shape index (κ1) is 34.9. The van der Waals surface area contributed by atoms with Crippen LogP contribution in [0.2, 0.25) is 33.2 Å². The Bertz CT molecular complexity index is 552. The first-order valence-corrected chi connectivity index (χ1v) is 16.6. The van der Waals surface area contributed by atoms with Crippen LogP contribution < -0.4 is 37.7 Å². The van der Waals surface area contributed by atoms with Crippen molar-refractivity contribution in [3.63, 3.8) is 0 Å². The smallest absolute Gasteiger partial charge is 0.660 e. The Balaban J connectivity index is 0. The van der Waals surface area contributed by atoms with Crippen LogP contribution >= 0.6 is 0 Å². The van der Waals surface area contributed by atoms with Crippen molar-refractivity contribution < 1.29 is 37.7 Å². The molecule has 0 aromatic heterocycles. The Labute approximate surface area is 227 Å². The third kappa shape index (κ3) is 7.89. The van der Waals surface area contributed by atoms with Gasteiger partial charge in [0, 0.05) is 0 Å². The van der Waals surface area contributed by atoms with E-state index >= 15 is 0 Å². The fourth-order valence-corrected chi connectivity index (χ4v) is 17.5. The zero-order valence-corrected chi connectivity index (χ0v) is 26.1. The third-order valence-electron chi connectivity index (χ3n) is 7.61. The zero-order chi connectivity index (χ0) is 23.3. The van der Waals surface area contributed by atoms with Crippen molar-refractivity contribution in [3.05, 3.63) is 45.4 Å². The fraction of sp³-hybridized carbons (Fsp3) is 0.769. The van der Waals surface area contributed by atoms with Crippen LogP contribution in [0.1, 0.15) is 94.2 Å². The molecule has 0 saturated heterocycles. The summed E-state index contributed by atoms with van der Waals surface area (Å²) < 4.78 is 0. The minimum atomic E-state index is -1.71. The molecular weight excluding hydrogens is 410 g/mol. The van der Waals surface area contributed by atoms with Gasteiger partial charge in [-0.05, 0) is 16.5 Å². The standard InChI is InChI=1S/C26H50N2Si2.2Li/c1-19(2)29(20(3)4,21(5)6)27-17-25-14-13-15-26(16-25)18-28-30(22(7)8,23(9)10)24(11)12;;/h13-16,19-24H,17-18H2,1-12H3;;/q-2;2*+1. The molecule has 0 saturated carbocycles. The van der Waals surface area contributed by atoms with Gasteiger partial charge in [0.05, 0.1) is 0 Å². The maximum absolute atomic E-state index is 5.48. The molecule has 1 rings (SSSR count). The summed E-state index contributed by atoms with van der Waals surface area (Å²) in [6, 6.07) is 9.09. The van der Waals surface area contributed by atoms with Crippen molar-refractivity contribution >= 4 is 16.5 Å².